The number of methoxy groups -OCH3 is 1. The quantitative estimate of drug-likeness (QED) is 0.546. The smallest absolute Gasteiger partial charge is 0.322 e. The van der Waals surface area contributed by atoms with Crippen LogP contribution in [0.4, 0.5) is 19.3 Å². The lowest BCUT2D eigenvalue weighted by atomic mass is 9.91. The lowest BCUT2D eigenvalue weighted by molar-refractivity contribution is -0.126. The molecule has 0 saturated carbocycles. The standard InChI is InChI=1S/C18H23ClF2N4O3/c1-11(9-18(10-28-2)16(26)22-17(27)23-18)24-3-5-25(6-4-24)12-7-13(20)15(19)14(21)8-12/h7-8,11H,3-6,9-10H2,1-2H3,(H2,22,23,26,27). The van der Waals surface area contributed by atoms with Crippen molar-refractivity contribution in [1.82, 2.24) is 15.5 Å². The van der Waals surface area contributed by atoms with E-state index in [1.165, 1.54) is 19.2 Å². The number of amides is 3. The molecule has 3 rings (SSSR count). The second kappa shape index (κ2) is 8.18. The zero-order valence-electron chi connectivity index (χ0n) is 15.7. The van der Waals surface area contributed by atoms with Gasteiger partial charge in [-0.15, -0.1) is 0 Å². The minimum atomic E-state index is -1.09. The van der Waals surface area contributed by atoms with Crippen molar-refractivity contribution in [1.29, 1.82) is 0 Å². The summed E-state index contributed by atoms with van der Waals surface area (Å²) in [5, 5.41) is 4.45. The first-order chi connectivity index (χ1) is 13.3. The Morgan fingerprint density at radius 2 is 1.82 bits per heavy atom. The molecule has 2 fully saturated rings. The Morgan fingerprint density at radius 1 is 1.21 bits per heavy atom. The van der Waals surface area contributed by atoms with E-state index in [9.17, 15) is 18.4 Å². The van der Waals surface area contributed by atoms with Gasteiger partial charge in [-0.2, -0.15) is 0 Å². The average Bonchev–Trinajstić information content (AvgIpc) is 2.92. The lowest BCUT2D eigenvalue weighted by Crippen LogP contribution is -2.57. The fourth-order valence-electron chi connectivity index (χ4n) is 3.86. The van der Waals surface area contributed by atoms with Crippen molar-refractivity contribution < 1.29 is 23.1 Å². The molecule has 2 aliphatic heterocycles. The molecule has 3 amide bonds. The molecule has 0 spiro atoms. The zero-order chi connectivity index (χ0) is 20.5. The van der Waals surface area contributed by atoms with Crippen LogP contribution < -0.4 is 15.5 Å². The van der Waals surface area contributed by atoms with E-state index in [-0.39, 0.29) is 12.6 Å². The SMILES string of the molecule is COCC1(CC(C)N2CCN(c3cc(F)c(Cl)c(F)c3)CC2)NC(=O)NC1=O. The molecule has 0 aliphatic carbocycles. The van der Waals surface area contributed by atoms with Crippen LogP contribution in [0.3, 0.4) is 0 Å². The summed E-state index contributed by atoms with van der Waals surface area (Å²) in [5.74, 6) is -1.95. The summed E-state index contributed by atoms with van der Waals surface area (Å²) in [5.41, 5.74) is -0.643. The number of nitrogens with one attached hydrogen (secondary N) is 2. The second-order valence-corrected chi connectivity index (χ2v) is 7.60. The minimum absolute atomic E-state index is 0.0138. The number of rotatable bonds is 6. The molecule has 1 aromatic carbocycles. The number of carbonyl (C=O) groups is 2. The number of benzene rings is 1. The van der Waals surface area contributed by atoms with E-state index >= 15 is 0 Å². The van der Waals surface area contributed by atoms with Gasteiger partial charge in [-0.1, -0.05) is 11.6 Å². The number of urea groups is 1. The normalized spacial score (nSPS) is 24.2. The van der Waals surface area contributed by atoms with Crippen LogP contribution >= 0.6 is 11.6 Å². The second-order valence-electron chi connectivity index (χ2n) is 7.22. The van der Waals surface area contributed by atoms with Gasteiger partial charge in [0.15, 0.2) is 0 Å². The van der Waals surface area contributed by atoms with E-state index in [1.807, 2.05) is 11.8 Å². The molecule has 2 heterocycles. The Labute approximate surface area is 166 Å². The van der Waals surface area contributed by atoms with Gasteiger partial charge in [0, 0.05) is 45.0 Å². The van der Waals surface area contributed by atoms with Crippen molar-refractivity contribution in [3.05, 3.63) is 28.8 Å². The largest absolute Gasteiger partial charge is 0.382 e. The maximum Gasteiger partial charge on any atom is 0.322 e. The van der Waals surface area contributed by atoms with E-state index in [1.54, 1.807) is 0 Å². The Bertz CT molecular complexity index is 750. The highest BCUT2D eigenvalue weighted by atomic mass is 35.5. The molecular weight excluding hydrogens is 394 g/mol. The number of carbonyl (C=O) groups excluding carboxylic acids is 2. The van der Waals surface area contributed by atoms with Crippen molar-refractivity contribution in [2.24, 2.45) is 0 Å². The monoisotopic (exact) mass is 416 g/mol. The Hall–Kier alpha value is -1.97. The molecule has 2 N–H and O–H groups in total. The van der Waals surface area contributed by atoms with Crippen molar-refractivity contribution in [2.45, 2.75) is 24.9 Å². The first-order valence-corrected chi connectivity index (χ1v) is 9.39. The van der Waals surface area contributed by atoms with Crippen LogP contribution in [0.25, 0.3) is 0 Å². The number of hydrogen-bond donors (Lipinski definition) is 2. The lowest BCUT2D eigenvalue weighted by Gasteiger charge is -2.41. The van der Waals surface area contributed by atoms with E-state index < -0.39 is 34.1 Å². The molecule has 28 heavy (non-hydrogen) atoms. The molecule has 154 valence electrons. The van der Waals surface area contributed by atoms with Crippen LogP contribution in [-0.4, -0.2) is 68.3 Å². The van der Waals surface area contributed by atoms with Crippen LogP contribution in [0.15, 0.2) is 12.1 Å². The molecule has 0 aromatic heterocycles. The summed E-state index contributed by atoms with van der Waals surface area (Å²) in [6.07, 6.45) is 0.391. The number of ether oxygens (including phenoxy) is 1. The van der Waals surface area contributed by atoms with E-state index in [0.29, 0.717) is 38.3 Å². The van der Waals surface area contributed by atoms with Crippen molar-refractivity contribution >= 4 is 29.2 Å². The van der Waals surface area contributed by atoms with Crippen LogP contribution in [0.5, 0.6) is 0 Å². The first kappa shape index (κ1) is 20.8. The van der Waals surface area contributed by atoms with Gasteiger partial charge >= 0.3 is 6.03 Å². The fraction of sp³-hybridized carbons (Fsp3) is 0.556. The zero-order valence-corrected chi connectivity index (χ0v) is 16.5. The van der Waals surface area contributed by atoms with Gasteiger partial charge in [-0.3, -0.25) is 15.0 Å². The van der Waals surface area contributed by atoms with Gasteiger partial charge in [0.05, 0.1) is 6.61 Å². The molecule has 10 heteroatoms. The number of imide groups is 1. The minimum Gasteiger partial charge on any atom is -0.382 e. The predicted molar refractivity (Wildman–Crippen MR) is 101 cm³/mol. The van der Waals surface area contributed by atoms with Crippen molar-refractivity contribution in [3.8, 4) is 0 Å². The fourth-order valence-corrected chi connectivity index (χ4v) is 3.97. The van der Waals surface area contributed by atoms with Gasteiger partial charge in [0.25, 0.3) is 5.91 Å². The van der Waals surface area contributed by atoms with Crippen molar-refractivity contribution in [2.75, 3.05) is 44.8 Å². The van der Waals surface area contributed by atoms with Gasteiger partial charge in [-0.05, 0) is 25.5 Å². The van der Waals surface area contributed by atoms with Gasteiger partial charge < -0.3 is 15.0 Å². The Kier molecular flexibility index (Phi) is 6.07. The van der Waals surface area contributed by atoms with Crippen LogP contribution in [0.1, 0.15) is 13.3 Å². The molecule has 1 aromatic rings. The summed E-state index contributed by atoms with van der Waals surface area (Å²) in [6.45, 7) is 4.49. The topological polar surface area (TPSA) is 73.9 Å². The number of anilines is 1. The number of piperazine rings is 1. The average molecular weight is 417 g/mol. The molecule has 0 radical (unpaired) electrons. The third kappa shape index (κ3) is 4.06. The summed E-state index contributed by atoms with van der Waals surface area (Å²) < 4.78 is 32.6. The van der Waals surface area contributed by atoms with Crippen molar-refractivity contribution in [3.63, 3.8) is 0 Å². The molecule has 2 atom stereocenters. The first-order valence-electron chi connectivity index (χ1n) is 9.02. The molecule has 7 nitrogen and oxygen atoms in total. The number of halogens is 3. The predicted octanol–water partition coefficient (Wildman–Crippen LogP) is 1.74. The molecular formula is C18H23ClF2N4O3. The maximum absolute atomic E-state index is 13.7. The van der Waals surface area contributed by atoms with Crippen LogP contribution in [0.2, 0.25) is 5.02 Å². The van der Waals surface area contributed by atoms with Crippen LogP contribution in [0, 0.1) is 11.6 Å². The number of hydrogen-bond acceptors (Lipinski definition) is 5. The highest BCUT2D eigenvalue weighted by molar-refractivity contribution is 6.31. The summed E-state index contributed by atoms with van der Waals surface area (Å²) in [4.78, 5) is 27.9. The highest BCUT2D eigenvalue weighted by Crippen LogP contribution is 2.27. The maximum atomic E-state index is 13.7. The van der Waals surface area contributed by atoms with Gasteiger partial charge in [0.2, 0.25) is 0 Å². The van der Waals surface area contributed by atoms with E-state index in [4.69, 9.17) is 16.3 Å². The molecule has 0 bridgehead atoms. The van der Waals surface area contributed by atoms with Crippen LogP contribution in [-0.2, 0) is 9.53 Å². The van der Waals surface area contributed by atoms with Gasteiger partial charge in [-0.25, -0.2) is 13.6 Å². The Balaban J connectivity index is 1.63. The molecule has 2 aliphatic rings. The summed E-state index contributed by atoms with van der Waals surface area (Å²) >= 11 is 5.55. The molecule has 2 unspecified atom stereocenters. The Morgan fingerprint density at radius 3 is 2.32 bits per heavy atom. The summed E-state index contributed by atoms with van der Waals surface area (Å²) in [6, 6.07) is 1.93. The van der Waals surface area contributed by atoms with E-state index in [0.717, 1.165) is 0 Å². The number of nitrogens with zero attached hydrogens (tertiary/aromatic N) is 2. The third-order valence-electron chi connectivity index (χ3n) is 5.32. The highest BCUT2D eigenvalue weighted by Gasteiger charge is 2.47. The molecule has 2 saturated heterocycles. The summed E-state index contributed by atoms with van der Waals surface area (Å²) in [7, 11) is 1.48. The van der Waals surface area contributed by atoms with E-state index in [2.05, 4.69) is 15.5 Å². The van der Waals surface area contributed by atoms with Gasteiger partial charge in [0.1, 0.15) is 22.2 Å². The third-order valence-corrected chi connectivity index (χ3v) is 5.68.